The Morgan fingerprint density at radius 2 is 1.85 bits per heavy atom. The smallest absolute Gasteiger partial charge is 0.249 e. The number of ether oxygens (including phenoxy) is 3. The van der Waals surface area contributed by atoms with Crippen LogP contribution < -0.4 is 14.8 Å². The van der Waals surface area contributed by atoms with E-state index in [1.165, 1.54) is 13.5 Å². The van der Waals surface area contributed by atoms with Crippen LogP contribution in [0.1, 0.15) is 84.1 Å². The second kappa shape index (κ2) is 17.5. The van der Waals surface area contributed by atoms with Crippen LogP contribution in [-0.2, 0) is 20.9 Å². The van der Waals surface area contributed by atoms with Gasteiger partial charge in [0.05, 0.1) is 36.0 Å². The molecule has 3 aliphatic rings. The molecular weight excluding hydrogens is 703 g/mol. The van der Waals surface area contributed by atoms with E-state index in [-0.39, 0.29) is 56.7 Å². The van der Waals surface area contributed by atoms with Gasteiger partial charge in [0.25, 0.3) is 0 Å². The van der Waals surface area contributed by atoms with Crippen LogP contribution in [0.3, 0.4) is 0 Å². The van der Waals surface area contributed by atoms with E-state index >= 15 is 0 Å². The molecule has 46 heavy (non-hydrogen) atoms. The summed E-state index contributed by atoms with van der Waals surface area (Å²) in [5.74, 6) is 1.61. The van der Waals surface area contributed by atoms with E-state index in [0.717, 1.165) is 44.9 Å². The van der Waals surface area contributed by atoms with E-state index < -0.39 is 18.2 Å². The number of carbonyl (C=O) groups excluding carboxylic acids is 2. The van der Waals surface area contributed by atoms with E-state index in [1.807, 2.05) is 0 Å². The van der Waals surface area contributed by atoms with Crippen molar-refractivity contribution in [1.29, 1.82) is 0 Å². The fourth-order valence-corrected chi connectivity index (χ4v) is 8.23. The predicted octanol–water partition coefficient (Wildman–Crippen LogP) is 4.35. The number of halogens is 1. The molecule has 6 atom stereocenters. The number of aliphatic hydroxyl groups is 3. The van der Waals surface area contributed by atoms with Crippen molar-refractivity contribution >= 4 is 34.4 Å². The van der Waals surface area contributed by atoms with Crippen LogP contribution in [0.4, 0.5) is 0 Å². The number of carbonyl (C=O) groups is 2. The minimum absolute atomic E-state index is 0.00409. The Balaban J connectivity index is 1.66. The van der Waals surface area contributed by atoms with Gasteiger partial charge in [0.2, 0.25) is 11.8 Å². The third kappa shape index (κ3) is 9.15. The van der Waals surface area contributed by atoms with Crippen molar-refractivity contribution in [2.24, 2.45) is 17.8 Å². The lowest BCUT2D eigenvalue weighted by Crippen LogP contribution is -2.59. The zero-order valence-corrected chi connectivity index (χ0v) is 29.9. The van der Waals surface area contributed by atoms with Crippen LogP contribution in [0.2, 0.25) is 0 Å². The number of nitrogens with one attached hydrogen (secondary N) is 1. The zero-order valence-electron chi connectivity index (χ0n) is 27.8. The molecule has 0 radical (unpaired) electrons. The molecule has 4 rings (SSSR count). The predicted molar refractivity (Wildman–Crippen MR) is 183 cm³/mol. The SMILES string of the molecule is COc1cc(CO)cc(I)c1O[C@H]1C=C(C(=O)NCCO)C[C@@H](N(C(=O)CO[C@H]2C[C@@H](C)CC[C@@H]2C(C)C)C2CCCCC2)[C@@H]1O. The highest BCUT2D eigenvalue weighted by atomic mass is 127. The van der Waals surface area contributed by atoms with Crippen LogP contribution in [0.15, 0.2) is 23.8 Å². The molecule has 1 aromatic rings. The molecule has 0 heterocycles. The number of aliphatic hydroxyl groups excluding tert-OH is 3. The number of hydrogen-bond donors (Lipinski definition) is 4. The maximum atomic E-state index is 14.3. The summed E-state index contributed by atoms with van der Waals surface area (Å²) in [4.78, 5) is 29.4. The maximum absolute atomic E-state index is 14.3. The number of nitrogens with zero attached hydrogens (tertiary/aromatic N) is 1. The van der Waals surface area contributed by atoms with E-state index in [2.05, 4.69) is 48.7 Å². The van der Waals surface area contributed by atoms with Crippen LogP contribution in [-0.4, -0.2) is 89.3 Å². The van der Waals surface area contributed by atoms with Crippen molar-refractivity contribution in [3.63, 3.8) is 0 Å². The quantitative estimate of drug-likeness (QED) is 0.218. The van der Waals surface area contributed by atoms with Gasteiger partial charge in [0.1, 0.15) is 18.8 Å². The monoisotopic (exact) mass is 756 g/mol. The van der Waals surface area contributed by atoms with E-state index in [4.69, 9.17) is 14.2 Å². The van der Waals surface area contributed by atoms with Crippen LogP contribution >= 0.6 is 22.6 Å². The molecule has 0 spiro atoms. The molecule has 10 nitrogen and oxygen atoms in total. The molecule has 0 bridgehead atoms. The van der Waals surface area contributed by atoms with E-state index in [1.54, 1.807) is 23.1 Å². The van der Waals surface area contributed by atoms with Crippen molar-refractivity contribution in [3.8, 4) is 11.5 Å². The largest absolute Gasteiger partial charge is 0.493 e. The topological polar surface area (TPSA) is 138 Å². The number of amides is 2. The van der Waals surface area contributed by atoms with Gasteiger partial charge in [-0.15, -0.1) is 0 Å². The number of hydrogen-bond acceptors (Lipinski definition) is 8. The first-order valence-electron chi connectivity index (χ1n) is 16.9. The molecule has 2 amide bonds. The first kappa shape index (κ1) is 36.9. The van der Waals surface area contributed by atoms with Crippen molar-refractivity contribution in [1.82, 2.24) is 10.2 Å². The molecule has 2 fully saturated rings. The lowest BCUT2D eigenvalue weighted by molar-refractivity contribution is -0.153. The summed E-state index contributed by atoms with van der Waals surface area (Å²) in [6.45, 7) is 6.30. The van der Waals surface area contributed by atoms with Crippen LogP contribution in [0.25, 0.3) is 0 Å². The molecule has 3 aliphatic carbocycles. The summed E-state index contributed by atoms with van der Waals surface area (Å²) in [7, 11) is 1.50. The van der Waals surface area contributed by atoms with Crippen molar-refractivity contribution in [2.75, 3.05) is 26.9 Å². The van der Waals surface area contributed by atoms with E-state index in [0.29, 0.717) is 44.0 Å². The number of methoxy groups -OCH3 is 1. The summed E-state index contributed by atoms with van der Waals surface area (Å²) in [6, 6.07) is 2.63. The Labute approximate surface area is 287 Å². The molecule has 2 saturated carbocycles. The van der Waals surface area contributed by atoms with Crippen LogP contribution in [0, 0.1) is 21.3 Å². The average Bonchev–Trinajstić information content (AvgIpc) is 3.05. The molecule has 0 unspecified atom stereocenters. The molecule has 258 valence electrons. The van der Waals surface area contributed by atoms with E-state index in [9.17, 15) is 24.9 Å². The fraction of sp³-hybridized carbons (Fsp3) is 0.714. The van der Waals surface area contributed by atoms with Gasteiger partial charge in [0.15, 0.2) is 11.5 Å². The highest BCUT2D eigenvalue weighted by molar-refractivity contribution is 14.1. The Morgan fingerprint density at radius 3 is 2.50 bits per heavy atom. The van der Waals surface area contributed by atoms with Gasteiger partial charge < -0.3 is 39.7 Å². The number of benzene rings is 1. The van der Waals surface area contributed by atoms with Gasteiger partial charge in [0, 0.05) is 24.6 Å². The van der Waals surface area contributed by atoms with Gasteiger partial charge in [-0.3, -0.25) is 9.59 Å². The van der Waals surface area contributed by atoms with Gasteiger partial charge >= 0.3 is 0 Å². The minimum Gasteiger partial charge on any atom is -0.493 e. The standard InChI is InChI=1S/C35H53IN2O8/c1-21(2)26-11-10-22(3)14-29(26)45-20-32(41)38(25-8-6-5-7-9-25)28-17-24(35(43)37-12-13-39)18-30(33(28)42)46-34-27(36)15-23(19-40)16-31(34)44-4/h15-16,18,21-22,25-26,28-30,33,39-40,42H,5-14,17,19-20H2,1-4H3,(H,37,43)/t22-,26+,28+,29-,30-,33-/m0/s1. The van der Waals surface area contributed by atoms with Crippen molar-refractivity contribution in [2.45, 2.75) is 116 Å². The number of rotatable bonds is 13. The minimum atomic E-state index is -1.14. The zero-order chi connectivity index (χ0) is 33.4. The Bertz CT molecular complexity index is 1200. The summed E-state index contributed by atoms with van der Waals surface area (Å²) < 4.78 is 19.1. The summed E-state index contributed by atoms with van der Waals surface area (Å²) in [6.07, 6.45) is 7.53. The lowest BCUT2D eigenvalue weighted by atomic mass is 9.75. The molecule has 4 N–H and O–H groups in total. The Kier molecular flexibility index (Phi) is 14.0. The summed E-state index contributed by atoms with van der Waals surface area (Å²) in [5.41, 5.74) is 1.03. The molecule has 0 aliphatic heterocycles. The Hall–Kier alpha value is -1.93. The van der Waals surface area contributed by atoms with Gasteiger partial charge in [-0.25, -0.2) is 0 Å². The molecule has 0 saturated heterocycles. The third-order valence-electron chi connectivity index (χ3n) is 9.94. The first-order valence-corrected chi connectivity index (χ1v) is 18.0. The molecule has 1 aromatic carbocycles. The van der Waals surface area contributed by atoms with Crippen LogP contribution in [0.5, 0.6) is 11.5 Å². The third-order valence-corrected chi connectivity index (χ3v) is 10.7. The van der Waals surface area contributed by atoms with Gasteiger partial charge in [-0.2, -0.15) is 0 Å². The second-order valence-electron chi connectivity index (χ2n) is 13.6. The highest BCUT2D eigenvalue weighted by Gasteiger charge is 2.44. The summed E-state index contributed by atoms with van der Waals surface area (Å²) >= 11 is 2.10. The average molecular weight is 757 g/mol. The Morgan fingerprint density at radius 1 is 1.11 bits per heavy atom. The highest BCUT2D eigenvalue weighted by Crippen LogP contribution is 2.39. The normalized spacial score (nSPS) is 27.2. The lowest BCUT2D eigenvalue weighted by Gasteiger charge is -2.45. The first-order chi connectivity index (χ1) is 22.1. The fourth-order valence-electron chi connectivity index (χ4n) is 7.44. The molecular formula is C35H53IN2O8. The molecule has 11 heteroatoms. The second-order valence-corrected chi connectivity index (χ2v) is 14.7. The maximum Gasteiger partial charge on any atom is 0.249 e. The van der Waals surface area contributed by atoms with Crippen molar-refractivity contribution < 1.29 is 39.1 Å². The van der Waals surface area contributed by atoms with Crippen molar-refractivity contribution in [3.05, 3.63) is 32.9 Å². The van der Waals surface area contributed by atoms with Gasteiger partial charge in [-0.1, -0.05) is 46.5 Å². The molecule has 0 aromatic heterocycles. The summed E-state index contributed by atoms with van der Waals surface area (Å²) in [5, 5.41) is 33.8. The van der Waals surface area contributed by atoms with Gasteiger partial charge in [-0.05, 0) is 89.8 Å².